The summed E-state index contributed by atoms with van der Waals surface area (Å²) in [5.41, 5.74) is 0.253. The monoisotopic (exact) mass is 422 g/mol. The second-order valence-corrected chi connectivity index (χ2v) is 8.46. The van der Waals surface area contributed by atoms with Gasteiger partial charge in [-0.05, 0) is 36.5 Å². The summed E-state index contributed by atoms with van der Waals surface area (Å²) < 4.78 is 10.1. The van der Waals surface area contributed by atoms with E-state index in [0.717, 1.165) is 5.56 Å². The molecule has 1 unspecified atom stereocenters. The van der Waals surface area contributed by atoms with Crippen LogP contribution in [-0.2, 0) is 30.4 Å². The molecule has 1 amide bonds. The van der Waals surface area contributed by atoms with Gasteiger partial charge in [0.05, 0.1) is 26.3 Å². The van der Waals surface area contributed by atoms with E-state index in [0.29, 0.717) is 24.4 Å². The Hall–Kier alpha value is -2.12. The lowest BCUT2D eigenvalue weighted by Crippen LogP contribution is -2.70. The van der Waals surface area contributed by atoms with Crippen LogP contribution in [-0.4, -0.2) is 66.0 Å². The van der Waals surface area contributed by atoms with Crippen molar-refractivity contribution in [2.75, 3.05) is 20.8 Å². The number of piperazine rings is 1. The smallest absolute Gasteiger partial charge is 0.325 e. The van der Waals surface area contributed by atoms with Gasteiger partial charge in [-0.3, -0.25) is 19.3 Å². The van der Waals surface area contributed by atoms with Gasteiger partial charge in [0.15, 0.2) is 0 Å². The highest BCUT2D eigenvalue weighted by atomic mass is 35.5. The van der Waals surface area contributed by atoms with Crippen LogP contribution in [0.4, 0.5) is 0 Å². The van der Waals surface area contributed by atoms with Gasteiger partial charge in [0.1, 0.15) is 12.1 Å². The van der Waals surface area contributed by atoms with Gasteiger partial charge >= 0.3 is 11.9 Å². The molecule has 1 aromatic rings. The number of amides is 1. The number of rotatable bonds is 6. The first-order chi connectivity index (χ1) is 13.7. The number of esters is 2. The van der Waals surface area contributed by atoms with Gasteiger partial charge in [0.25, 0.3) is 0 Å². The molecule has 0 N–H and O–H groups in total. The average Bonchev–Trinajstić information content (AvgIpc) is 3.46. The summed E-state index contributed by atoms with van der Waals surface area (Å²) >= 11 is 5.97. The Balaban J connectivity index is 1.97. The molecule has 29 heavy (non-hydrogen) atoms. The van der Waals surface area contributed by atoms with Crippen molar-refractivity contribution in [1.82, 2.24) is 9.80 Å². The normalized spacial score (nSPS) is 21.9. The first kappa shape index (κ1) is 21.6. The Bertz CT molecular complexity index is 791. The summed E-state index contributed by atoms with van der Waals surface area (Å²) in [6, 6.07) is 5.88. The molecule has 2 aliphatic rings. The lowest BCUT2D eigenvalue weighted by molar-refractivity contribution is -0.171. The molecule has 2 fully saturated rings. The van der Waals surface area contributed by atoms with Crippen LogP contribution < -0.4 is 0 Å². The Kier molecular flexibility index (Phi) is 6.19. The highest BCUT2D eigenvalue weighted by molar-refractivity contribution is 6.30. The van der Waals surface area contributed by atoms with Crippen molar-refractivity contribution in [2.45, 2.75) is 50.9 Å². The SMILES string of the molecule is COC(=O)C1N([C@H](C(=O)OC)C(C)C)CC(=O)N(Cc2ccc(Cl)cc2)C12CC2. The maximum absolute atomic E-state index is 13.2. The zero-order chi connectivity index (χ0) is 21.3. The Morgan fingerprint density at radius 1 is 1.17 bits per heavy atom. The van der Waals surface area contributed by atoms with Crippen molar-refractivity contribution in [3.8, 4) is 0 Å². The molecule has 8 heteroatoms. The van der Waals surface area contributed by atoms with E-state index in [2.05, 4.69) is 0 Å². The minimum atomic E-state index is -0.719. The second kappa shape index (κ2) is 8.32. The second-order valence-electron chi connectivity index (χ2n) is 8.02. The van der Waals surface area contributed by atoms with Gasteiger partial charge in [-0.1, -0.05) is 37.6 Å². The summed E-state index contributed by atoms with van der Waals surface area (Å²) in [6.07, 6.45) is 1.35. The third kappa shape index (κ3) is 3.98. The number of hydrogen-bond acceptors (Lipinski definition) is 6. The summed E-state index contributed by atoms with van der Waals surface area (Å²) in [7, 11) is 2.65. The van der Waals surface area contributed by atoms with E-state index in [1.54, 1.807) is 21.9 Å². The van der Waals surface area contributed by atoms with Gasteiger partial charge in [-0.2, -0.15) is 0 Å². The summed E-state index contributed by atoms with van der Waals surface area (Å²) in [6.45, 7) is 4.08. The van der Waals surface area contributed by atoms with Crippen LogP contribution in [0.1, 0.15) is 32.3 Å². The Morgan fingerprint density at radius 2 is 1.79 bits per heavy atom. The average molecular weight is 423 g/mol. The van der Waals surface area contributed by atoms with E-state index in [-0.39, 0.29) is 18.4 Å². The molecule has 158 valence electrons. The van der Waals surface area contributed by atoms with Gasteiger partial charge in [0, 0.05) is 11.6 Å². The zero-order valence-corrected chi connectivity index (χ0v) is 17.9. The summed E-state index contributed by atoms with van der Waals surface area (Å²) in [5.74, 6) is -1.15. The Labute approximate surface area is 175 Å². The minimum Gasteiger partial charge on any atom is -0.468 e. The number of methoxy groups -OCH3 is 2. The van der Waals surface area contributed by atoms with E-state index in [9.17, 15) is 14.4 Å². The zero-order valence-electron chi connectivity index (χ0n) is 17.2. The summed E-state index contributed by atoms with van der Waals surface area (Å²) in [4.78, 5) is 42.0. The quantitative estimate of drug-likeness (QED) is 0.654. The first-order valence-corrected chi connectivity index (χ1v) is 10.1. The number of benzene rings is 1. The van der Waals surface area contributed by atoms with Crippen molar-refractivity contribution in [1.29, 1.82) is 0 Å². The fraction of sp³-hybridized carbons (Fsp3) is 0.571. The molecule has 7 nitrogen and oxygen atoms in total. The molecule has 1 aromatic carbocycles. The van der Waals surface area contributed by atoms with Gasteiger partial charge in [-0.25, -0.2) is 0 Å². The van der Waals surface area contributed by atoms with Crippen LogP contribution in [0, 0.1) is 5.92 Å². The van der Waals surface area contributed by atoms with E-state index < -0.39 is 29.6 Å². The molecule has 0 radical (unpaired) electrons. The topological polar surface area (TPSA) is 76.1 Å². The predicted molar refractivity (Wildman–Crippen MR) is 107 cm³/mol. The number of ether oxygens (including phenoxy) is 2. The molecular weight excluding hydrogens is 396 g/mol. The van der Waals surface area contributed by atoms with Crippen molar-refractivity contribution in [2.24, 2.45) is 5.92 Å². The predicted octanol–water partition coefficient (Wildman–Crippen LogP) is 2.26. The molecule has 1 spiro atoms. The van der Waals surface area contributed by atoms with E-state index in [1.165, 1.54) is 14.2 Å². The largest absolute Gasteiger partial charge is 0.468 e. The molecule has 2 atom stereocenters. The number of carbonyl (C=O) groups is 3. The minimum absolute atomic E-state index is 0.0486. The van der Waals surface area contributed by atoms with Crippen LogP contribution in [0.5, 0.6) is 0 Å². The van der Waals surface area contributed by atoms with Gasteiger partial charge < -0.3 is 14.4 Å². The maximum Gasteiger partial charge on any atom is 0.325 e. The van der Waals surface area contributed by atoms with E-state index in [4.69, 9.17) is 21.1 Å². The number of nitrogens with zero attached hydrogens (tertiary/aromatic N) is 2. The van der Waals surface area contributed by atoms with Crippen molar-refractivity contribution in [3.63, 3.8) is 0 Å². The highest BCUT2D eigenvalue weighted by Crippen LogP contribution is 2.50. The number of halogens is 1. The van der Waals surface area contributed by atoms with E-state index >= 15 is 0 Å². The highest BCUT2D eigenvalue weighted by Gasteiger charge is 2.65. The molecule has 1 saturated heterocycles. The fourth-order valence-corrected chi connectivity index (χ4v) is 4.49. The van der Waals surface area contributed by atoms with Crippen LogP contribution in [0.15, 0.2) is 24.3 Å². The first-order valence-electron chi connectivity index (χ1n) is 9.71. The van der Waals surface area contributed by atoms with Crippen molar-refractivity contribution < 1.29 is 23.9 Å². The van der Waals surface area contributed by atoms with Crippen LogP contribution in [0.3, 0.4) is 0 Å². The molecule has 0 aromatic heterocycles. The Morgan fingerprint density at radius 3 is 2.28 bits per heavy atom. The van der Waals surface area contributed by atoms with Crippen LogP contribution in [0.25, 0.3) is 0 Å². The fourth-order valence-electron chi connectivity index (χ4n) is 4.36. The van der Waals surface area contributed by atoms with Crippen molar-refractivity contribution in [3.05, 3.63) is 34.9 Å². The number of carbonyl (C=O) groups excluding carboxylic acids is 3. The summed E-state index contributed by atoms with van der Waals surface area (Å²) in [5, 5.41) is 0.622. The lowest BCUT2D eigenvalue weighted by Gasteiger charge is -2.49. The van der Waals surface area contributed by atoms with Crippen molar-refractivity contribution >= 4 is 29.4 Å². The molecular formula is C21H27ClN2O5. The third-order valence-corrected chi connectivity index (χ3v) is 6.12. The van der Waals surface area contributed by atoms with Gasteiger partial charge in [0.2, 0.25) is 5.91 Å². The molecule has 1 heterocycles. The van der Waals surface area contributed by atoms with Crippen LogP contribution >= 0.6 is 11.6 Å². The maximum atomic E-state index is 13.2. The molecule has 0 bridgehead atoms. The van der Waals surface area contributed by atoms with E-state index in [1.807, 2.05) is 26.0 Å². The third-order valence-electron chi connectivity index (χ3n) is 5.87. The standard InChI is InChI=1S/C21H27ClN2O5/c1-13(2)17(19(26)28-3)23-12-16(25)24(11-14-5-7-15(22)8-6-14)21(9-10-21)18(23)20(27)29-4/h5-8,13,17-18H,9-12H2,1-4H3/t17-,18?/m0/s1. The van der Waals surface area contributed by atoms with Crippen LogP contribution in [0.2, 0.25) is 5.02 Å². The molecule has 1 aliphatic carbocycles. The molecule has 3 rings (SSSR count). The molecule has 1 saturated carbocycles. The number of hydrogen-bond donors (Lipinski definition) is 0. The van der Waals surface area contributed by atoms with Gasteiger partial charge in [-0.15, -0.1) is 0 Å². The molecule has 1 aliphatic heterocycles. The lowest BCUT2D eigenvalue weighted by atomic mass is 9.91.